The average molecular weight is 465 g/mol. The summed E-state index contributed by atoms with van der Waals surface area (Å²) in [5.41, 5.74) is 2.56. The van der Waals surface area contributed by atoms with Crippen molar-refractivity contribution < 1.29 is 14.3 Å². The van der Waals surface area contributed by atoms with E-state index in [1.165, 1.54) is 0 Å². The number of ether oxygens (including phenoxy) is 1. The average Bonchev–Trinajstić information content (AvgIpc) is 2.84. The Morgan fingerprint density at radius 1 is 0.909 bits per heavy atom. The van der Waals surface area contributed by atoms with E-state index in [2.05, 4.69) is 5.32 Å². The van der Waals surface area contributed by atoms with Crippen molar-refractivity contribution in [2.24, 2.45) is 0 Å². The molecule has 0 aliphatic heterocycles. The van der Waals surface area contributed by atoms with Gasteiger partial charge in [-0.3, -0.25) is 9.59 Å². The lowest BCUT2D eigenvalue weighted by molar-refractivity contribution is -0.141. The molecule has 3 aromatic rings. The maximum atomic E-state index is 13.6. The second-order valence-electron chi connectivity index (χ2n) is 7.76. The highest BCUT2D eigenvalue weighted by atomic mass is 35.5. The van der Waals surface area contributed by atoms with Crippen LogP contribution in [0.5, 0.6) is 0 Å². The zero-order valence-electron chi connectivity index (χ0n) is 18.7. The monoisotopic (exact) mass is 464 g/mol. The number of carbonyl (C=O) groups excluding carboxylic acids is 2. The van der Waals surface area contributed by atoms with Crippen LogP contribution in [0.4, 0.5) is 0 Å². The molecule has 1 atom stereocenters. The molecule has 0 radical (unpaired) electrons. The predicted octanol–water partition coefficient (Wildman–Crippen LogP) is 4.81. The topological polar surface area (TPSA) is 58.6 Å². The van der Waals surface area contributed by atoms with E-state index in [0.717, 1.165) is 16.7 Å². The molecule has 33 heavy (non-hydrogen) atoms. The molecule has 0 spiro atoms. The van der Waals surface area contributed by atoms with Crippen LogP contribution in [-0.4, -0.2) is 37.0 Å². The van der Waals surface area contributed by atoms with Gasteiger partial charge in [0.1, 0.15) is 6.04 Å². The van der Waals surface area contributed by atoms with Gasteiger partial charge in [0.15, 0.2) is 0 Å². The van der Waals surface area contributed by atoms with Crippen LogP contribution in [0.3, 0.4) is 0 Å². The first-order chi connectivity index (χ1) is 16.1. The third kappa shape index (κ3) is 7.45. The molecule has 0 bridgehead atoms. The summed E-state index contributed by atoms with van der Waals surface area (Å²) in [5.74, 6) is -0.343. The highest BCUT2D eigenvalue weighted by Gasteiger charge is 2.31. The molecule has 3 rings (SSSR count). The molecule has 6 heteroatoms. The Bertz CT molecular complexity index is 1010. The number of amides is 2. The zero-order chi connectivity index (χ0) is 23.5. The van der Waals surface area contributed by atoms with E-state index < -0.39 is 6.04 Å². The van der Waals surface area contributed by atoms with Crippen LogP contribution in [0.2, 0.25) is 5.02 Å². The number of halogens is 1. The van der Waals surface area contributed by atoms with Gasteiger partial charge in [-0.05, 0) is 35.2 Å². The van der Waals surface area contributed by atoms with E-state index in [9.17, 15) is 9.59 Å². The van der Waals surface area contributed by atoms with E-state index in [-0.39, 0.29) is 24.8 Å². The predicted molar refractivity (Wildman–Crippen MR) is 131 cm³/mol. The van der Waals surface area contributed by atoms with Crippen molar-refractivity contribution in [3.8, 4) is 0 Å². The lowest BCUT2D eigenvalue weighted by atomic mass is 10.0. The Kier molecular flexibility index (Phi) is 9.48. The van der Waals surface area contributed by atoms with Gasteiger partial charge in [-0.25, -0.2) is 0 Å². The van der Waals surface area contributed by atoms with Crippen LogP contribution in [0, 0.1) is 0 Å². The Labute approximate surface area is 200 Å². The second-order valence-corrected chi connectivity index (χ2v) is 8.20. The van der Waals surface area contributed by atoms with Crippen molar-refractivity contribution in [1.29, 1.82) is 0 Å². The van der Waals surface area contributed by atoms with Gasteiger partial charge in [-0.15, -0.1) is 0 Å². The zero-order valence-corrected chi connectivity index (χ0v) is 19.5. The number of nitrogens with one attached hydrogen (secondary N) is 1. The Morgan fingerprint density at radius 2 is 1.55 bits per heavy atom. The minimum absolute atomic E-state index is 0.128. The standard InChI is InChI=1S/C27H29ClN2O3/c1-33-18-8-17-29-27(32)26(23-11-6-3-7-12-23)30(20-22-13-15-24(28)16-14-22)25(31)19-21-9-4-2-5-10-21/h2-7,9-16,26H,8,17-20H2,1H3,(H,29,32)/t26-/m0/s1. The lowest BCUT2D eigenvalue weighted by Gasteiger charge is -2.32. The molecular weight excluding hydrogens is 436 g/mol. The smallest absolute Gasteiger partial charge is 0.247 e. The van der Waals surface area contributed by atoms with Gasteiger partial charge in [0.2, 0.25) is 11.8 Å². The number of methoxy groups -OCH3 is 1. The summed E-state index contributed by atoms with van der Waals surface area (Å²) in [6.07, 6.45) is 0.896. The fourth-order valence-electron chi connectivity index (χ4n) is 3.61. The summed E-state index contributed by atoms with van der Waals surface area (Å²) in [6.45, 7) is 1.31. The minimum Gasteiger partial charge on any atom is -0.385 e. The molecule has 0 saturated carbocycles. The molecular formula is C27H29ClN2O3. The maximum absolute atomic E-state index is 13.6. The van der Waals surface area contributed by atoms with Crippen LogP contribution in [0.1, 0.15) is 29.2 Å². The van der Waals surface area contributed by atoms with Crippen molar-refractivity contribution in [3.05, 3.63) is 107 Å². The van der Waals surface area contributed by atoms with Gasteiger partial charge in [0.05, 0.1) is 6.42 Å². The largest absolute Gasteiger partial charge is 0.385 e. The van der Waals surface area contributed by atoms with Crippen LogP contribution >= 0.6 is 11.6 Å². The normalized spacial score (nSPS) is 11.6. The second kappa shape index (κ2) is 12.8. The molecule has 0 aliphatic carbocycles. The summed E-state index contributed by atoms with van der Waals surface area (Å²) < 4.78 is 5.08. The van der Waals surface area contributed by atoms with Crippen molar-refractivity contribution in [1.82, 2.24) is 10.2 Å². The molecule has 0 aliphatic rings. The first-order valence-corrected chi connectivity index (χ1v) is 11.4. The fraction of sp³-hybridized carbons (Fsp3) is 0.259. The highest BCUT2D eigenvalue weighted by Crippen LogP contribution is 2.25. The van der Waals surface area contributed by atoms with Crippen LogP contribution in [-0.2, 0) is 27.3 Å². The molecule has 3 aromatic carbocycles. The van der Waals surface area contributed by atoms with Crippen molar-refractivity contribution >= 4 is 23.4 Å². The van der Waals surface area contributed by atoms with Crippen molar-refractivity contribution in [2.75, 3.05) is 20.3 Å². The SMILES string of the molecule is COCCCNC(=O)[C@H](c1ccccc1)N(Cc1ccc(Cl)cc1)C(=O)Cc1ccccc1. The van der Waals surface area contributed by atoms with Gasteiger partial charge in [0.25, 0.3) is 0 Å². The third-order valence-electron chi connectivity index (χ3n) is 5.28. The number of carbonyl (C=O) groups is 2. The van der Waals surface area contributed by atoms with Crippen LogP contribution in [0.15, 0.2) is 84.9 Å². The van der Waals surface area contributed by atoms with Gasteiger partial charge < -0.3 is 15.0 Å². The van der Waals surface area contributed by atoms with Crippen molar-refractivity contribution in [3.63, 3.8) is 0 Å². The van der Waals surface area contributed by atoms with Gasteiger partial charge in [-0.1, -0.05) is 84.4 Å². The summed E-state index contributed by atoms with van der Waals surface area (Å²) in [6, 6.07) is 25.5. The minimum atomic E-state index is -0.763. The molecule has 5 nitrogen and oxygen atoms in total. The van der Waals surface area contributed by atoms with Crippen LogP contribution in [0.25, 0.3) is 0 Å². The van der Waals surface area contributed by atoms with E-state index in [0.29, 0.717) is 24.6 Å². The van der Waals surface area contributed by atoms with Crippen LogP contribution < -0.4 is 5.32 Å². The van der Waals surface area contributed by atoms with E-state index in [4.69, 9.17) is 16.3 Å². The molecule has 0 heterocycles. The van der Waals surface area contributed by atoms with Gasteiger partial charge in [-0.2, -0.15) is 0 Å². The van der Waals surface area contributed by atoms with Crippen molar-refractivity contribution in [2.45, 2.75) is 25.4 Å². The summed E-state index contributed by atoms with van der Waals surface area (Å²) in [7, 11) is 1.63. The number of hydrogen-bond acceptors (Lipinski definition) is 3. The van der Waals surface area contributed by atoms with E-state index in [1.807, 2.05) is 72.8 Å². The molecule has 172 valence electrons. The molecule has 2 amide bonds. The number of rotatable bonds is 11. The first kappa shape index (κ1) is 24.5. The number of nitrogens with zero attached hydrogens (tertiary/aromatic N) is 1. The molecule has 0 unspecified atom stereocenters. The van der Waals surface area contributed by atoms with Gasteiger partial charge in [0, 0.05) is 31.8 Å². The first-order valence-electron chi connectivity index (χ1n) is 11.0. The summed E-state index contributed by atoms with van der Waals surface area (Å²) in [4.78, 5) is 28.6. The lowest BCUT2D eigenvalue weighted by Crippen LogP contribution is -2.44. The number of hydrogen-bond donors (Lipinski definition) is 1. The quantitative estimate of drug-likeness (QED) is 0.414. The van der Waals surface area contributed by atoms with E-state index >= 15 is 0 Å². The molecule has 0 saturated heterocycles. The summed E-state index contributed by atoms with van der Waals surface area (Å²) >= 11 is 6.05. The fourth-order valence-corrected chi connectivity index (χ4v) is 3.74. The van der Waals surface area contributed by atoms with E-state index in [1.54, 1.807) is 24.1 Å². The molecule has 0 aromatic heterocycles. The molecule has 0 fully saturated rings. The Morgan fingerprint density at radius 3 is 2.18 bits per heavy atom. The molecule has 1 N–H and O–H groups in total. The highest BCUT2D eigenvalue weighted by molar-refractivity contribution is 6.30. The maximum Gasteiger partial charge on any atom is 0.247 e. The Balaban J connectivity index is 1.93. The number of benzene rings is 3. The summed E-state index contributed by atoms with van der Waals surface area (Å²) in [5, 5.41) is 3.60. The Hall–Kier alpha value is -3.15. The van der Waals surface area contributed by atoms with Gasteiger partial charge >= 0.3 is 0 Å². The third-order valence-corrected chi connectivity index (χ3v) is 5.54.